The zero-order valence-corrected chi connectivity index (χ0v) is 15.6. The van der Waals surface area contributed by atoms with Crippen molar-refractivity contribution in [2.75, 3.05) is 67.1 Å². The molecular weight excluding hydrogens is 340 g/mol. The van der Waals surface area contributed by atoms with E-state index >= 15 is 0 Å². The molecule has 0 bridgehead atoms. The molecule has 3 saturated heterocycles. The summed E-state index contributed by atoms with van der Waals surface area (Å²) in [6, 6.07) is 6.06. The number of aromatic nitrogens is 4. The van der Waals surface area contributed by atoms with Gasteiger partial charge in [-0.05, 0) is 31.5 Å². The van der Waals surface area contributed by atoms with Gasteiger partial charge in [-0.3, -0.25) is 0 Å². The van der Waals surface area contributed by atoms with E-state index in [0.29, 0.717) is 5.41 Å². The summed E-state index contributed by atoms with van der Waals surface area (Å²) in [7, 11) is 0. The predicted molar refractivity (Wildman–Crippen MR) is 105 cm³/mol. The molecule has 0 atom stereocenters. The number of piperazine rings is 1. The standard InChI is InChI=1S/C19H26N8/c1-2-7-21-16(4-1)25-8-10-26(11-9-25)17-22-15-23-18(24-17)27-13-19(14-27)5-3-6-20-12-19/h1-2,4,7,15,20H,3,5-6,8-14H2. The minimum atomic E-state index is 0.430. The van der Waals surface area contributed by atoms with Gasteiger partial charge in [-0.1, -0.05) is 6.07 Å². The number of hydrogen-bond donors (Lipinski definition) is 1. The molecule has 3 aliphatic rings. The average Bonchev–Trinajstić information content (AvgIpc) is 2.73. The molecule has 0 radical (unpaired) electrons. The van der Waals surface area contributed by atoms with Crippen molar-refractivity contribution < 1.29 is 0 Å². The number of nitrogens with zero attached hydrogens (tertiary/aromatic N) is 7. The quantitative estimate of drug-likeness (QED) is 0.855. The first-order chi connectivity index (χ1) is 13.3. The van der Waals surface area contributed by atoms with Crippen molar-refractivity contribution in [2.45, 2.75) is 12.8 Å². The second kappa shape index (κ2) is 6.92. The van der Waals surface area contributed by atoms with Gasteiger partial charge in [0.2, 0.25) is 11.9 Å². The van der Waals surface area contributed by atoms with Crippen molar-refractivity contribution in [3.8, 4) is 0 Å². The Hall–Kier alpha value is -2.48. The van der Waals surface area contributed by atoms with Crippen molar-refractivity contribution in [3.63, 3.8) is 0 Å². The Morgan fingerprint density at radius 3 is 2.37 bits per heavy atom. The molecule has 2 aromatic heterocycles. The maximum absolute atomic E-state index is 4.77. The van der Waals surface area contributed by atoms with Crippen LogP contribution in [0.5, 0.6) is 0 Å². The number of pyridine rings is 1. The Kier molecular flexibility index (Phi) is 4.27. The topological polar surface area (TPSA) is 73.3 Å². The summed E-state index contributed by atoms with van der Waals surface area (Å²) in [4.78, 5) is 25.0. The van der Waals surface area contributed by atoms with Crippen LogP contribution in [0, 0.1) is 5.41 Å². The molecule has 2 aromatic rings. The van der Waals surface area contributed by atoms with E-state index in [1.807, 2.05) is 18.3 Å². The summed E-state index contributed by atoms with van der Waals surface area (Å²) in [6.45, 7) is 8.03. The van der Waals surface area contributed by atoms with Gasteiger partial charge in [0, 0.05) is 57.4 Å². The zero-order valence-electron chi connectivity index (χ0n) is 15.6. The maximum atomic E-state index is 4.77. The van der Waals surface area contributed by atoms with Crippen LogP contribution in [0.2, 0.25) is 0 Å². The Labute approximate surface area is 159 Å². The van der Waals surface area contributed by atoms with E-state index in [2.05, 4.69) is 41.0 Å². The van der Waals surface area contributed by atoms with Gasteiger partial charge >= 0.3 is 0 Å². The smallest absolute Gasteiger partial charge is 0.230 e. The molecule has 142 valence electrons. The summed E-state index contributed by atoms with van der Waals surface area (Å²) in [5.41, 5.74) is 0.430. The van der Waals surface area contributed by atoms with Crippen LogP contribution in [0.1, 0.15) is 12.8 Å². The lowest BCUT2D eigenvalue weighted by Gasteiger charge is -2.52. The molecule has 1 N–H and O–H groups in total. The van der Waals surface area contributed by atoms with E-state index in [-0.39, 0.29) is 0 Å². The summed E-state index contributed by atoms with van der Waals surface area (Å²) in [5, 5.41) is 3.53. The number of piperidine rings is 1. The fourth-order valence-electron chi connectivity index (χ4n) is 4.47. The van der Waals surface area contributed by atoms with Crippen LogP contribution in [-0.2, 0) is 0 Å². The minimum absolute atomic E-state index is 0.430. The summed E-state index contributed by atoms with van der Waals surface area (Å²) in [5.74, 6) is 2.66. The average molecular weight is 366 g/mol. The van der Waals surface area contributed by atoms with E-state index in [1.165, 1.54) is 12.8 Å². The van der Waals surface area contributed by atoms with Gasteiger partial charge in [0.25, 0.3) is 0 Å². The predicted octanol–water partition coefficient (Wildman–Crippen LogP) is 0.783. The maximum Gasteiger partial charge on any atom is 0.230 e. The van der Waals surface area contributed by atoms with Gasteiger partial charge in [-0.15, -0.1) is 0 Å². The van der Waals surface area contributed by atoms with Gasteiger partial charge in [-0.2, -0.15) is 4.98 Å². The lowest BCUT2D eigenvalue weighted by molar-refractivity contribution is 0.155. The zero-order chi connectivity index (χ0) is 18.1. The summed E-state index contributed by atoms with van der Waals surface area (Å²) >= 11 is 0. The van der Waals surface area contributed by atoms with Crippen molar-refractivity contribution in [1.29, 1.82) is 0 Å². The van der Waals surface area contributed by atoms with E-state index in [0.717, 1.165) is 70.1 Å². The van der Waals surface area contributed by atoms with Crippen molar-refractivity contribution in [2.24, 2.45) is 5.41 Å². The van der Waals surface area contributed by atoms with Crippen LogP contribution in [-0.4, -0.2) is 72.3 Å². The Bertz CT molecular complexity index is 760. The molecule has 8 heteroatoms. The Morgan fingerprint density at radius 1 is 0.889 bits per heavy atom. The van der Waals surface area contributed by atoms with E-state index < -0.39 is 0 Å². The van der Waals surface area contributed by atoms with Gasteiger partial charge in [0.05, 0.1) is 0 Å². The molecule has 5 rings (SSSR count). The molecule has 8 nitrogen and oxygen atoms in total. The third-order valence-electron chi connectivity index (χ3n) is 5.98. The summed E-state index contributed by atoms with van der Waals surface area (Å²) < 4.78 is 0. The molecule has 1 spiro atoms. The van der Waals surface area contributed by atoms with Crippen LogP contribution >= 0.6 is 0 Å². The highest BCUT2D eigenvalue weighted by molar-refractivity contribution is 5.45. The first-order valence-electron chi connectivity index (χ1n) is 9.87. The van der Waals surface area contributed by atoms with Crippen molar-refractivity contribution in [3.05, 3.63) is 30.7 Å². The highest BCUT2D eigenvalue weighted by Crippen LogP contribution is 2.38. The van der Waals surface area contributed by atoms with Gasteiger partial charge in [-0.25, -0.2) is 15.0 Å². The SMILES string of the molecule is c1ccc(N2CCN(c3ncnc(N4CC5(CCCNC5)C4)n3)CC2)nc1. The number of rotatable bonds is 3. The molecule has 0 amide bonds. The number of nitrogens with one attached hydrogen (secondary N) is 1. The summed E-state index contributed by atoms with van der Waals surface area (Å²) in [6.07, 6.45) is 6.09. The second-order valence-corrected chi connectivity index (χ2v) is 7.88. The largest absolute Gasteiger partial charge is 0.353 e. The van der Waals surface area contributed by atoms with E-state index in [1.54, 1.807) is 6.33 Å². The third kappa shape index (κ3) is 3.29. The lowest BCUT2D eigenvalue weighted by atomic mass is 9.74. The Morgan fingerprint density at radius 2 is 1.67 bits per heavy atom. The molecular formula is C19H26N8. The fourth-order valence-corrected chi connectivity index (χ4v) is 4.47. The molecule has 3 aliphatic heterocycles. The molecule has 0 aliphatic carbocycles. The molecule has 5 heterocycles. The highest BCUT2D eigenvalue weighted by atomic mass is 15.4. The molecule has 0 aromatic carbocycles. The third-order valence-corrected chi connectivity index (χ3v) is 5.98. The van der Waals surface area contributed by atoms with Crippen LogP contribution in [0.15, 0.2) is 30.7 Å². The van der Waals surface area contributed by atoms with E-state index in [4.69, 9.17) is 4.98 Å². The number of hydrogen-bond acceptors (Lipinski definition) is 8. The monoisotopic (exact) mass is 366 g/mol. The van der Waals surface area contributed by atoms with Gasteiger partial charge < -0.3 is 20.0 Å². The first-order valence-corrected chi connectivity index (χ1v) is 9.87. The van der Waals surface area contributed by atoms with Gasteiger partial charge in [0.1, 0.15) is 12.1 Å². The highest BCUT2D eigenvalue weighted by Gasteiger charge is 2.44. The number of anilines is 3. The fraction of sp³-hybridized carbons (Fsp3) is 0.579. The minimum Gasteiger partial charge on any atom is -0.353 e. The van der Waals surface area contributed by atoms with Crippen LogP contribution in [0.25, 0.3) is 0 Å². The van der Waals surface area contributed by atoms with E-state index in [9.17, 15) is 0 Å². The molecule has 0 unspecified atom stereocenters. The van der Waals surface area contributed by atoms with Crippen LogP contribution in [0.4, 0.5) is 17.7 Å². The van der Waals surface area contributed by atoms with Crippen LogP contribution in [0.3, 0.4) is 0 Å². The van der Waals surface area contributed by atoms with Crippen molar-refractivity contribution in [1.82, 2.24) is 25.3 Å². The first kappa shape index (κ1) is 16.7. The molecule has 3 fully saturated rings. The molecule has 0 saturated carbocycles. The second-order valence-electron chi connectivity index (χ2n) is 7.88. The normalized spacial score (nSPS) is 22.0. The van der Waals surface area contributed by atoms with Crippen molar-refractivity contribution >= 4 is 17.7 Å². The lowest BCUT2D eigenvalue weighted by Crippen LogP contribution is -2.63. The van der Waals surface area contributed by atoms with Crippen LogP contribution < -0.4 is 20.0 Å². The Balaban J connectivity index is 1.22. The molecule has 27 heavy (non-hydrogen) atoms. The van der Waals surface area contributed by atoms with Gasteiger partial charge in [0.15, 0.2) is 0 Å².